The molecule has 0 unspecified atom stereocenters. The van der Waals surface area contributed by atoms with Gasteiger partial charge < -0.3 is 4.74 Å². The van der Waals surface area contributed by atoms with Crippen LogP contribution in [0.5, 0.6) is 0 Å². The van der Waals surface area contributed by atoms with E-state index >= 15 is 0 Å². The predicted molar refractivity (Wildman–Crippen MR) is 83.5 cm³/mol. The smallest absolute Gasteiger partial charge is 0.414 e. The molecular formula is C15H21NO5S. The van der Waals surface area contributed by atoms with Crippen LogP contribution in [0.15, 0.2) is 24.3 Å². The van der Waals surface area contributed by atoms with E-state index in [1.54, 1.807) is 0 Å². The molecule has 0 saturated carbocycles. The number of nitrogens with zero attached hydrogens (tertiary/aromatic N) is 1. The van der Waals surface area contributed by atoms with Crippen LogP contribution in [0.2, 0.25) is 0 Å². The summed E-state index contributed by atoms with van der Waals surface area (Å²) in [5.74, 6) is 0. The predicted octanol–water partition coefficient (Wildman–Crippen LogP) is 2.33. The summed E-state index contributed by atoms with van der Waals surface area (Å²) in [5.41, 5.74) is 1.97. The van der Waals surface area contributed by atoms with Gasteiger partial charge in [0.05, 0.1) is 12.8 Å². The van der Waals surface area contributed by atoms with Crippen molar-refractivity contribution in [1.29, 1.82) is 0 Å². The highest BCUT2D eigenvalue weighted by molar-refractivity contribution is 7.85. The lowest BCUT2D eigenvalue weighted by atomic mass is 10.1. The number of aryl methyl sites for hydroxylation is 1. The molecule has 22 heavy (non-hydrogen) atoms. The van der Waals surface area contributed by atoms with Crippen molar-refractivity contribution < 1.29 is 22.1 Å². The van der Waals surface area contributed by atoms with Crippen molar-refractivity contribution in [2.24, 2.45) is 0 Å². The quantitative estimate of drug-likeness (QED) is 0.719. The molecule has 0 N–H and O–H groups in total. The number of unbranched alkanes of at least 4 members (excludes halogenated alkanes) is 1. The van der Waals surface area contributed by atoms with Gasteiger partial charge in [-0.2, -0.15) is 8.42 Å². The summed E-state index contributed by atoms with van der Waals surface area (Å²) < 4.78 is 31.7. The van der Waals surface area contributed by atoms with Crippen molar-refractivity contribution in [1.82, 2.24) is 0 Å². The Bertz CT molecular complexity index is 611. The van der Waals surface area contributed by atoms with Gasteiger partial charge >= 0.3 is 6.09 Å². The van der Waals surface area contributed by atoms with Crippen LogP contribution >= 0.6 is 0 Å². The number of amides is 1. The second-order valence-electron chi connectivity index (χ2n) is 5.38. The average Bonchev–Trinajstić information content (AvgIpc) is 2.84. The van der Waals surface area contributed by atoms with Gasteiger partial charge in [0.2, 0.25) is 0 Å². The highest BCUT2D eigenvalue weighted by atomic mass is 32.2. The molecule has 1 aliphatic heterocycles. The molecule has 1 saturated heterocycles. The molecular weight excluding hydrogens is 306 g/mol. The first-order valence-corrected chi connectivity index (χ1v) is 9.12. The van der Waals surface area contributed by atoms with Gasteiger partial charge in [-0.1, -0.05) is 25.5 Å². The fourth-order valence-electron chi connectivity index (χ4n) is 2.24. The van der Waals surface area contributed by atoms with Crippen molar-refractivity contribution in [3.05, 3.63) is 29.8 Å². The van der Waals surface area contributed by atoms with E-state index in [9.17, 15) is 13.2 Å². The molecule has 1 aliphatic rings. The standard InChI is InChI=1S/C15H21NO5S/c1-3-4-5-12-6-8-13(9-7-12)16-10-14(21-15(16)17)11-20-22(2,18)19/h6-9,14H,3-5,10-11H2,1-2H3/t14-/m0/s1. The molecule has 2 rings (SSSR count). The van der Waals surface area contributed by atoms with Crippen LogP contribution in [0.3, 0.4) is 0 Å². The minimum Gasteiger partial charge on any atom is -0.441 e. The molecule has 6 nitrogen and oxygen atoms in total. The molecule has 1 amide bonds. The Morgan fingerprint density at radius 1 is 1.32 bits per heavy atom. The zero-order chi connectivity index (χ0) is 16.2. The summed E-state index contributed by atoms with van der Waals surface area (Å²) in [7, 11) is -3.54. The normalized spacial score (nSPS) is 18.5. The highest BCUT2D eigenvalue weighted by Crippen LogP contribution is 2.23. The molecule has 1 heterocycles. The van der Waals surface area contributed by atoms with Gasteiger partial charge in [-0.15, -0.1) is 0 Å². The number of rotatable bonds is 7. The maximum Gasteiger partial charge on any atom is 0.414 e. The van der Waals surface area contributed by atoms with E-state index in [0.29, 0.717) is 0 Å². The Balaban J connectivity index is 1.96. The number of cyclic esters (lactones) is 1. The van der Waals surface area contributed by atoms with E-state index in [-0.39, 0.29) is 13.2 Å². The fourth-order valence-corrected chi connectivity index (χ4v) is 2.64. The van der Waals surface area contributed by atoms with Gasteiger partial charge in [0.15, 0.2) is 0 Å². The van der Waals surface area contributed by atoms with E-state index in [2.05, 4.69) is 11.1 Å². The third-order valence-electron chi connectivity index (χ3n) is 3.41. The van der Waals surface area contributed by atoms with Crippen LogP contribution in [0.25, 0.3) is 0 Å². The molecule has 1 aromatic rings. The molecule has 1 aromatic carbocycles. The molecule has 1 fully saturated rings. The Kier molecular flexibility index (Phi) is 5.42. The van der Waals surface area contributed by atoms with Crippen molar-refractivity contribution in [3.8, 4) is 0 Å². The highest BCUT2D eigenvalue weighted by Gasteiger charge is 2.33. The number of carbonyl (C=O) groups is 1. The van der Waals surface area contributed by atoms with Crippen LogP contribution < -0.4 is 4.90 Å². The first kappa shape index (κ1) is 16.8. The van der Waals surface area contributed by atoms with E-state index in [4.69, 9.17) is 4.74 Å². The van der Waals surface area contributed by atoms with Gasteiger partial charge in [0, 0.05) is 5.69 Å². The van der Waals surface area contributed by atoms with Crippen molar-refractivity contribution in [3.63, 3.8) is 0 Å². The lowest BCUT2D eigenvalue weighted by Gasteiger charge is -2.13. The van der Waals surface area contributed by atoms with Gasteiger partial charge in [-0.05, 0) is 30.5 Å². The van der Waals surface area contributed by atoms with Crippen LogP contribution in [0.4, 0.5) is 10.5 Å². The summed E-state index contributed by atoms with van der Waals surface area (Å²) in [5, 5.41) is 0. The van der Waals surface area contributed by atoms with E-state index in [0.717, 1.165) is 31.2 Å². The number of hydrogen-bond acceptors (Lipinski definition) is 5. The summed E-state index contributed by atoms with van der Waals surface area (Å²) in [4.78, 5) is 13.4. The molecule has 0 spiro atoms. The van der Waals surface area contributed by atoms with Gasteiger partial charge in [-0.25, -0.2) is 4.79 Å². The second-order valence-corrected chi connectivity index (χ2v) is 7.02. The fraction of sp³-hybridized carbons (Fsp3) is 0.533. The minimum absolute atomic E-state index is 0.157. The number of hydrogen-bond donors (Lipinski definition) is 0. The molecule has 1 atom stereocenters. The lowest BCUT2D eigenvalue weighted by molar-refractivity contribution is 0.107. The maximum absolute atomic E-state index is 11.9. The largest absolute Gasteiger partial charge is 0.441 e. The third-order valence-corrected chi connectivity index (χ3v) is 3.97. The SMILES string of the molecule is CCCCc1ccc(N2C[C@@H](COS(C)(=O)=O)OC2=O)cc1. The van der Waals surface area contributed by atoms with E-state index in [1.165, 1.54) is 10.5 Å². The first-order valence-electron chi connectivity index (χ1n) is 7.30. The Morgan fingerprint density at radius 3 is 2.59 bits per heavy atom. The number of carbonyl (C=O) groups excluding carboxylic acids is 1. The van der Waals surface area contributed by atoms with Crippen molar-refractivity contribution >= 4 is 21.9 Å². The zero-order valence-corrected chi connectivity index (χ0v) is 13.6. The van der Waals surface area contributed by atoms with Crippen LogP contribution in [-0.4, -0.2) is 40.0 Å². The Hall–Kier alpha value is -1.60. The minimum atomic E-state index is -3.54. The second kappa shape index (κ2) is 7.11. The summed E-state index contributed by atoms with van der Waals surface area (Å²) in [6.45, 7) is 2.27. The average molecular weight is 327 g/mol. The molecule has 0 aromatic heterocycles. The Morgan fingerprint density at radius 2 is 2.00 bits per heavy atom. The molecule has 7 heteroatoms. The molecule has 0 radical (unpaired) electrons. The van der Waals surface area contributed by atoms with Crippen molar-refractivity contribution in [2.45, 2.75) is 32.3 Å². The zero-order valence-electron chi connectivity index (χ0n) is 12.8. The maximum atomic E-state index is 11.9. The summed E-state index contributed by atoms with van der Waals surface area (Å²) in [6.07, 6.45) is 3.20. The number of benzene rings is 1. The van der Waals surface area contributed by atoms with Gasteiger partial charge in [0.25, 0.3) is 10.1 Å². The number of anilines is 1. The molecule has 0 bridgehead atoms. The first-order chi connectivity index (χ1) is 10.4. The van der Waals surface area contributed by atoms with Gasteiger partial charge in [0.1, 0.15) is 12.7 Å². The molecule has 0 aliphatic carbocycles. The monoisotopic (exact) mass is 327 g/mol. The lowest BCUT2D eigenvalue weighted by Crippen LogP contribution is -2.26. The van der Waals surface area contributed by atoms with E-state index in [1.807, 2.05) is 24.3 Å². The van der Waals surface area contributed by atoms with Crippen LogP contribution in [0.1, 0.15) is 25.3 Å². The summed E-state index contributed by atoms with van der Waals surface area (Å²) in [6, 6.07) is 7.76. The summed E-state index contributed by atoms with van der Waals surface area (Å²) >= 11 is 0. The van der Waals surface area contributed by atoms with Crippen LogP contribution in [0, 0.1) is 0 Å². The van der Waals surface area contributed by atoms with Crippen LogP contribution in [-0.2, 0) is 25.5 Å². The Labute approximate surface area is 131 Å². The van der Waals surface area contributed by atoms with Gasteiger partial charge in [-0.3, -0.25) is 9.08 Å². The number of ether oxygens (including phenoxy) is 1. The van der Waals surface area contributed by atoms with Crippen molar-refractivity contribution in [2.75, 3.05) is 24.3 Å². The van der Waals surface area contributed by atoms with E-state index < -0.39 is 22.3 Å². The third kappa shape index (κ3) is 4.71. The topological polar surface area (TPSA) is 72.9 Å². The molecule has 122 valence electrons.